The number of rotatable bonds is 1. The summed E-state index contributed by atoms with van der Waals surface area (Å²) < 4.78 is 0. The van der Waals surface area contributed by atoms with E-state index in [1.54, 1.807) is 12.1 Å². The van der Waals surface area contributed by atoms with Gasteiger partial charge < -0.3 is 15.7 Å². The lowest BCUT2D eigenvalue weighted by Crippen LogP contribution is -2.34. The van der Waals surface area contributed by atoms with Crippen molar-refractivity contribution < 1.29 is 9.90 Å². The molecule has 2 rings (SSSR count). The van der Waals surface area contributed by atoms with Crippen molar-refractivity contribution >= 4 is 29.0 Å². The Morgan fingerprint density at radius 1 is 1.50 bits per heavy atom. The van der Waals surface area contributed by atoms with Crippen LogP contribution in [0.1, 0.15) is 15.9 Å². The molecule has 1 aliphatic rings. The standard InChI is InChI=1S/C9H8N2O2S/c12-8(13)6-3-1-2-5-4-10-9(14)11-7(5)6/h1-3H,4H2,(H,12,13)(H2,10,11,14). The molecule has 5 heteroatoms. The van der Waals surface area contributed by atoms with E-state index >= 15 is 0 Å². The van der Waals surface area contributed by atoms with Crippen molar-refractivity contribution in [2.24, 2.45) is 0 Å². The van der Waals surface area contributed by atoms with Gasteiger partial charge in [0, 0.05) is 6.54 Å². The van der Waals surface area contributed by atoms with E-state index in [0.29, 0.717) is 17.3 Å². The SMILES string of the molecule is O=C(O)c1cccc2c1NC(=S)NC2. The van der Waals surface area contributed by atoms with E-state index in [2.05, 4.69) is 10.6 Å². The zero-order chi connectivity index (χ0) is 10.1. The summed E-state index contributed by atoms with van der Waals surface area (Å²) in [7, 11) is 0. The zero-order valence-electron chi connectivity index (χ0n) is 7.20. The molecule has 0 fully saturated rings. The highest BCUT2D eigenvalue weighted by Gasteiger charge is 2.17. The van der Waals surface area contributed by atoms with Crippen LogP contribution in [0.5, 0.6) is 0 Å². The van der Waals surface area contributed by atoms with Gasteiger partial charge in [0.25, 0.3) is 0 Å². The van der Waals surface area contributed by atoms with Gasteiger partial charge in [0.1, 0.15) is 0 Å². The van der Waals surface area contributed by atoms with Crippen LogP contribution in [-0.4, -0.2) is 16.2 Å². The molecule has 1 aromatic carbocycles. The molecule has 1 aliphatic heterocycles. The number of fused-ring (bicyclic) bond motifs is 1. The maximum atomic E-state index is 10.9. The number of nitrogens with one attached hydrogen (secondary N) is 2. The van der Waals surface area contributed by atoms with E-state index < -0.39 is 5.97 Å². The summed E-state index contributed by atoms with van der Waals surface area (Å²) in [5, 5.41) is 15.2. The third kappa shape index (κ3) is 1.42. The van der Waals surface area contributed by atoms with E-state index in [1.165, 1.54) is 0 Å². The normalized spacial score (nSPS) is 13.9. The molecule has 0 aliphatic carbocycles. The molecule has 0 radical (unpaired) electrons. The van der Waals surface area contributed by atoms with Crippen LogP contribution in [0.3, 0.4) is 0 Å². The fraction of sp³-hybridized carbons (Fsp3) is 0.111. The van der Waals surface area contributed by atoms with E-state index in [9.17, 15) is 4.79 Å². The molecule has 0 amide bonds. The third-order valence-corrected chi connectivity index (χ3v) is 2.31. The molecule has 0 saturated carbocycles. The van der Waals surface area contributed by atoms with E-state index in [0.717, 1.165) is 5.56 Å². The largest absolute Gasteiger partial charge is 0.478 e. The van der Waals surface area contributed by atoms with Crippen molar-refractivity contribution in [3.8, 4) is 0 Å². The van der Waals surface area contributed by atoms with Gasteiger partial charge in [-0.15, -0.1) is 0 Å². The Bertz CT molecular complexity index is 417. The maximum absolute atomic E-state index is 10.9. The summed E-state index contributed by atoms with van der Waals surface area (Å²) in [4.78, 5) is 10.9. The maximum Gasteiger partial charge on any atom is 0.337 e. The van der Waals surface area contributed by atoms with Crippen LogP contribution in [0.2, 0.25) is 0 Å². The highest BCUT2D eigenvalue weighted by molar-refractivity contribution is 7.80. The Kier molecular flexibility index (Phi) is 2.09. The number of hydrogen-bond donors (Lipinski definition) is 3. The number of carboxylic acid groups (broad SMARTS) is 1. The molecule has 14 heavy (non-hydrogen) atoms. The van der Waals surface area contributed by atoms with Crippen molar-refractivity contribution in [1.82, 2.24) is 5.32 Å². The smallest absolute Gasteiger partial charge is 0.337 e. The van der Waals surface area contributed by atoms with Crippen LogP contribution >= 0.6 is 12.2 Å². The summed E-state index contributed by atoms with van der Waals surface area (Å²) in [6.07, 6.45) is 0. The minimum Gasteiger partial charge on any atom is -0.478 e. The third-order valence-electron chi connectivity index (χ3n) is 2.06. The molecule has 0 atom stereocenters. The number of aromatic carboxylic acids is 1. The fourth-order valence-electron chi connectivity index (χ4n) is 1.41. The second-order valence-corrected chi connectivity index (χ2v) is 3.36. The highest BCUT2D eigenvalue weighted by Crippen LogP contribution is 2.23. The number of hydrogen-bond acceptors (Lipinski definition) is 2. The average Bonchev–Trinajstić information content (AvgIpc) is 2.16. The van der Waals surface area contributed by atoms with Gasteiger partial charge in [-0.1, -0.05) is 12.1 Å². The van der Waals surface area contributed by atoms with Gasteiger partial charge in [0.05, 0.1) is 11.3 Å². The van der Waals surface area contributed by atoms with Crippen LogP contribution in [0.4, 0.5) is 5.69 Å². The lowest BCUT2D eigenvalue weighted by Gasteiger charge is -2.21. The summed E-state index contributed by atoms with van der Waals surface area (Å²) in [6, 6.07) is 5.14. The molecule has 72 valence electrons. The van der Waals surface area contributed by atoms with Gasteiger partial charge in [0.2, 0.25) is 0 Å². The molecule has 0 bridgehead atoms. The van der Waals surface area contributed by atoms with Crippen LogP contribution in [0.15, 0.2) is 18.2 Å². The van der Waals surface area contributed by atoms with Crippen molar-refractivity contribution in [2.45, 2.75) is 6.54 Å². The number of thiocarbonyl (C=S) groups is 1. The predicted molar refractivity (Wildman–Crippen MR) is 56.5 cm³/mol. The summed E-state index contributed by atoms with van der Waals surface area (Å²) in [6.45, 7) is 0.572. The van der Waals surface area contributed by atoms with Gasteiger partial charge in [0.15, 0.2) is 5.11 Å². The molecule has 0 aromatic heterocycles. The Morgan fingerprint density at radius 3 is 3.00 bits per heavy atom. The highest BCUT2D eigenvalue weighted by atomic mass is 32.1. The van der Waals surface area contributed by atoms with Crippen molar-refractivity contribution in [3.05, 3.63) is 29.3 Å². The fourth-order valence-corrected chi connectivity index (χ4v) is 1.58. The molecule has 4 nitrogen and oxygen atoms in total. The van der Waals surface area contributed by atoms with Crippen molar-refractivity contribution in [3.63, 3.8) is 0 Å². The van der Waals surface area contributed by atoms with Gasteiger partial charge in [-0.3, -0.25) is 0 Å². The van der Waals surface area contributed by atoms with Crippen molar-refractivity contribution in [2.75, 3.05) is 5.32 Å². The molecule has 0 spiro atoms. The molecular formula is C9H8N2O2S. The zero-order valence-corrected chi connectivity index (χ0v) is 8.02. The van der Waals surface area contributed by atoms with E-state index in [4.69, 9.17) is 17.3 Å². The monoisotopic (exact) mass is 208 g/mol. The Hall–Kier alpha value is -1.62. The Balaban J connectivity index is 2.54. The minimum atomic E-state index is -0.945. The molecule has 0 saturated heterocycles. The number of para-hydroxylation sites is 1. The molecule has 0 unspecified atom stereocenters. The first-order valence-corrected chi connectivity index (χ1v) is 4.49. The number of benzene rings is 1. The van der Waals surface area contributed by atoms with Gasteiger partial charge in [-0.05, 0) is 23.8 Å². The number of carbonyl (C=O) groups is 1. The number of carboxylic acids is 1. The summed E-state index contributed by atoms with van der Waals surface area (Å²) in [5.41, 5.74) is 1.77. The van der Waals surface area contributed by atoms with Crippen LogP contribution in [0, 0.1) is 0 Å². The lowest BCUT2D eigenvalue weighted by atomic mass is 10.1. The number of anilines is 1. The topological polar surface area (TPSA) is 61.4 Å². The lowest BCUT2D eigenvalue weighted by molar-refractivity contribution is 0.0698. The summed E-state index contributed by atoms with van der Waals surface area (Å²) >= 11 is 4.91. The first-order chi connectivity index (χ1) is 6.68. The van der Waals surface area contributed by atoms with Crippen molar-refractivity contribution in [1.29, 1.82) is 0 Å². The summed E-state index contributed by atoms with van der Waals surface area (Å²) in [5.74, 6) is -0.945. The minimum absolute atomic E-state index is 0.256. The van der Waals surface area contributed by atoms with E-state index in [-0.39, 0.29) is 5.56 Å². The second kappa shape index (κ2) is 3.26. The quantitative estimate of drug-likeness (QED) is 0.605. The van der Waals surface area contributed by atoms with Crippen LogP contribution in [0.25, 0.3) is 0 Å². The Morgan fingerprint density at radius 2 is 2.29 bits per heavy atom. The molecular weight excluding hydrogens is 200 g/mol. The molecule has 1 aromatic rings. The Labute approximate surface area is 85.9 Å². The van der Waals surface area contributed by atoms with Crippen LogP contribution < -0.4 is 10.6 Å². The van der Waals surface area contributed by atoms with Gasteiger partial charge in [-0.2, -0.15) is 0 Å². The second-order valence-electron chi connectivity index (χ2n) is 2.95. The first-order valence-electron chi connectivity index (χ1n) is 4.08. The van der Waals surface area contributed by atoms with E-state index in [1.807, 2.05) is 6.07 Å². The predicted octanol–water partition coefficient (Wildman–Crippen LogP) is 1.18. The first kappa shape index (κ1) is 8.96. The molecule has 1 heterocycles. The average molecular weight is 208 g/mol. The van der Waals surface area contributed by atoms with Crippen LogP contribution in [-0.2, 0) is 6.54 Å². The van der Waals surface area contributed by atoms with Gasteiger partial charge >= 0.3 is 5.97 Å². The molecule has 3 N–H and O–H groups in total. The van der Waals surface area contributed by atoms with Gasteiger partial charge in [-0.25, -0.2) is 4.79 Å².